The van der Waals surface area contributed by atoms with Gasteiger partial charge in [0.1, 0.15) is 11.6 Å². The van der Waals surface area contributed by atoms with Crippen LogP contribution in [0.4, 0.5) is 15.9 Å². The molecule has 3 aromatic rings. The number of rotatable bonds is 4. The van der Waals surface area contributed by atoms with Crippen LogP contribution in [-0.4, -0.2) is 50.4 Å². The largest absolute Gasteiger partial charge is 0.399 e. The molecular formula is C22H23FN4O3S. The quantitative estimate of drug-likeness (QED) is 0.489. The summed E-state index contributed by atoms with van der Waals surface area (Å²) < 4.78 is 44.4. The van der Waals surface area contributed by atoms with Crippen molar-refractivity contribution in [2.75, 3.05) is 36.6 Å². The molecule has 1 fully saturated rings. The molecule has 1 aromatic heterocycles. The lowest BCUT2D eigenvalue weighted by Crippen LogP contribution is -2.44. The lowest BCUT2D eigenvalue weighted by Gasteiger charge is -2.34. The Morgan fingerprint density at radius 2 is 1.87 bits per heavy atom. The first-order valence-electron chi connectivity index (χ1n) is 9.82. The maximum atomic E-state index is 14.1. The summed E-state index contributed by atoms with van der Waals surface area (Å²) >= 11 is 0. The van der Waals surface area contributed by atoms with Crippen LogP contribution in [0.25, 0.3) is 22.6 Å². The smallest absolute Gasteiger partial charge is 0.176 e. The van der Waals surface area contributed by atoms with Crippen molar-refractivity contribution >= 4 is 21.3 Å². The number of sulfone groups is 1. The van der Waals surface area contributed by atoms with Crippen molar-refractivity contribution in [1.82, 2.24) is 9.97 Å². The van der Waals surface area contributed by atoms with Crippen LogP contribution in [0.5, 0.6) is 0 Å². The maximum absolute atomic E-state index is 14.1. The number of halogens is 1. The third kappa shape index (κ3) is 4.52. The first kappa shape index (κ1) is 21.2. The molecule has 1 aliphatic rings. The van der Waals surface area contributed by atoms with E-state index in [-0.39, 0.29) is 16.5 Å². The Labute approximate surface area is 180 Å². The van der Waals surface area contributed by atoms with Gasteiger partial charge in [-0.1, -0.05) is 0 Å². The number of benzene rings is 2. The second kappa shape index (κ2) is 8.24. The Kier molecular flexibility index (Phi) is 5.63. The van der Waals surface area contributed by atoms with Gasteiger partial charge in [-0.25, -0.2) is 22.8 Å². The summed E-state index contributed by atoms with van der Waals surface area (Å²) in [6, 6.07) is 12.4. The fourth-order valence-electron chi connectivity index (χ4n) is 3.57. The van der Waals surface area contributed by atoms with Crippen molar-refractivity contribution in [2.24, 2.45) is 0 Å². The van der Waals surface area contributed by atoms with E-state index in [0.29, 0.717) is 42.8 Å². The van der Waals surface area contributed by atoms with Crippen LogP contribution >= 0.6 is 0 Å². The van der Waals surface area contributed by atoms with Crippen LogP contribution in [0.1, 0.15) is 6.92 Å². The molecule has 1 aliphatic heterocycles. The summed E-state index contributed by atoms with van der Waals surface area (Å²) in [5.41, 5.74) is 7.65. The van der Waals surface area contributed by atoms with Crippen molar-refractivity contribution in [3.8, 4) is 22.6 Å². The number of anilines is 2. The normalized spacial score (nSPS) is 17.0. The molecule has 1 saturated heterocycles. The third-order valence-corrected chi connectivity index (χ3v) is 6.32. The minimum absolute atomic E-state index is 0.0110. The van der Waals surface area contributed by atoms with Crippen molar-refractivity contribution < 1.29 is 17.5 Å². The zero-order valence-electron chi connectivity index (χ0n) is 17.2. The monoisotopic (exact) mass is 442 g/mol. The Bertz CT molecular complexity index is 1220. The van der Waals surface area contributed by atoms with E-state index in [1.165, 1.54) is 12.1 Å². The first-order valence-corrected chi connectivity index (χ1v) is 11.7. The number of aromatic nitrogens is 2. The highest BCUT2D eigenvalue weighted by atomic mass is 32.2. The molecule has 1 atom stereocenters. The van der Waals surface area contributed by atoms with E-state index in [4.69, 9.17) is 15.5 Å². The molecule has 0 unspecified atom stereocenters. The molecule has 0 aliphatic carbocycles. The number of nitrogens with two attached hydrogens (primary N) is 1. The minimum atomic E-state index is -3.61. The Morgan fingerprint density at radius 3 is 2.55 bits per heavy atom. The van der Waals surface area contributed by atoms with E-state index < -0.39 is 15.7 Å². The molecule has 0 bridgehead atoms. The predicted molar refractivity (Wildman–Crippen MR) is 118 cm³/mol. The van der Waals surface area contributed by atoms with Crippen molar-refractivity contribution in [3.05, 3.63) is 54.3 Å². The number of nitrogen functional groups attached to an aromatic ring is 1. The van der Waals surface area contributed by atoms with Gasteiger partial charge in [-0.2, -0.15) is 0 Å². The number of hydrogen-bond donors (Lipinski definition) is 1. The SMILES string of the molecule is C[C@H]1COCCN1c1cc(-c2cc(F)ccc2S(C)(=O)=O)nc(-c2ccc(N)cc2)n1. The maximum Gasteiger partial charge on any atom is 0.176 e. The highest BCUT2D eigenvalue weighted by Crippen LogP contribution is 2.32. The predicted octanol–water partition coefficient (Wildman–Crippen LogP) is 3.16. The van der Waals surface area contributed by atoms with Crippen molar-refractivity contribution in [3.63, 3.8) is 0 Å². The second-order valence-electron chi connectivity index (χ2n) is 7.59. The minimum Gasteiger partial charge on any atom is -0.399 e. The molecule has 2 N–H and O–H groups in total. The zero-order valence-corrected chi connectivity index (χ0v) is 18.1. The molecule has 4 rings (SSSR count). The van der Waals surface area contributed by atoms with Crippen LogP contribution < -0.4 is 10.6 Å². The van der Waals surface area contributed by atoms with E-state index in [0.717, 1.165) is 17.9 Å². The molecule has 0 radical (unpaired) electrons. The molecule has 31 heavy (non-hydrogen) atoms. The Balaban J connectivity index is 1.94. The third-order valence-electron chi connectivity index (χ3n) is 5.16. The summed E-state index contributed by atoms with van der Waals surface area (Å²) in [4.78, 5) is 11.4. The van der Waals surface area contributed by atoms with Crippen LogP contribution in [0, 0.1) is 5.82 Å². The number of hydrogen-bond acceptors (Lipinski definition) is 7. The van der Waals surface area contributed by atoms with Crippen molar-refractivity contribution in [1.29, 1.82) is 0 Å². The van der Waals surface area contributed by atoms with Crippen LogP contribution in [0.3, 0.4) is 0 Å². The summed E-state index contributed by atoms with van der Waals surface area (Å²) in [5, 5.41) is 0. The average Bonchev–Trinajstić information content (AvgIpc) is 2.73. The summed E-state index contributed by atoms with van der Waals surface area (Å²) in [6.45, 7) is 3.75. The standard InChI is InChI=1S/C22H23FN4O3S/c1-14-13-30-10-9-27(14)21-12-19(18-11-16(23)5-8-20(18)31(2,28)29)25-22(26-21)15-3-6-17(24)7-4-15/h3-8,11-12,14H,9-10,13,24H2,1-2H3/t14-/m0/s1. The van der Waals surface area contributed by atoms with E-state index in [9.17, 15) is 12.8 Å². The molecule has 2 heterocycles. The van der Waals surface area contributed by atoms with Crippen LogP contribution in [0.15, 0.2) is 53.4 Å². The van der Waals surface area contributed by atoms with Gasteiger partial charge in [-0.15, -0.1) is 0 Å². The average molecular weight is 443 g/mol. The van der Waals surface area contributed by atoms with E-state index in [1.54, 1.807) is 30.3 Å². The fraction of sp³-hybridized carbons (Fsp3) is 0.273. The first-order chi connectivity index (χ1) is 14.7. The topological polar surface area (TPSA) is 98.4 Å². The highest BCUT2D eigenvalue weighted by Gasteiger charge is 2.24. The Morgan fingerprint density at radius 1 is 1.13 bits per heavy atom. The molecule has 0 saturated carbocycles. The summed E-state index contributed by atoms with van der Waals surface area (Å²) in [5.74, 6) is 0.475. The van der Waals surface area contributed by atoms with Gasteiger partial charge in [-0.3, -0.25) is 0 Å². The van der Waals surface area contributed by atoms with Gasteiger partial charge in [-0.05, 0) is 49.4 Å². The molecule has 0 spiro atoms. The molecular weight excluding hydrogens is 419 g/mol. The molecule has 2 aromatic carbocycles. The summed E-state index contributed by atoms with van der Waals surface area (Å²) in [6.07, 6.45) is 1.09. The lowest BCUT2D eigenvalue weighted by atomic mass is 10.1. The highest BCUT2D eigenvalue weighted by molar-refractivity contribution is 7.90. The molecule has 162 valence electrons. The van der Waals surface area contributed by atoms with Crippen molar-refractivity contribution in [2.45, 2.75) is 17.9 Å². The number of morpholine rings is 1. The van der Waals surface area contributed by atoms with Crippen LogP contribution in [0.2, 0.25) is 0 Å². The zero-order chi connectivity index (χ0) is 22.2. The lowest BCUT2D eigenvalue weighted by molar-refractivity contribution is 0.0985. The molecule has 7 nitrogen and oxygen atoms in total. The van der Waals surface area contributed by atoms with E-state index >= 15 is 0 Å². The molecule has 0 amide bonds. The van der Waals surface area contributed by atoms with Gasteiger partial charge < -0.3 is 15.4 Å². The number of nitrogens with zero attached hydrogens (tertiary/aromatic N) is 3. The van der Waals surface area contributed by atoms with E-state index in [2.05, 4.69) is 9.88 Å². The van der Waals surface area contributed by atoms with Gasteiger partial charge in [0.2, 0.25) is 0 Å². The second-order valence-corrected chi connectivity index (χ2v) is 9.57. The fourth-order valence-corrected chi connectivity index (χ4v) is 4.45. The van der Waals surface area contributed by atoms with Crippen LogP contribution in [-0.2, 0) is 14.6 Å². The Hall–Kier alpha value is -3.04. The van der Waals surface area contributed by atoms with Gasteiger partial charge >= 0.3 is 0 Å². The van der Waals surface area contributed by atoms with Gasteiger partial charge in [0, 0.05) is 35.7 Å². The summed E-state index contributed by atoms with van der Waals surface area (Å²) in [7, 11) is -3.61. The number of ether oxygens (including phenoxy) is 1. The van der Waals surface area contributed by atoms with Gasteiger partial charge in [0.05, 0.1) is 29.8 Å². The van der Waals surface area contributed by atoms with Gasteiger partial charge in [0.25, 0.3) is 0 Å². The molecule has 9 heteroatoms. The van der Waals surface area contributed by atoms with Gasteiger partial charge in [0.15, 0.2) is 15.7 Å². The van der Waals surface area contributed by atoms with E-state index in [1.807, 2.05) is 6.92 Å².